The van der Waals surface area contributed by atoms with Crippen molar-refractivity contribution in [3.63, 3.8) is 0 Å². The van der Waals surface area contributed by atoms with Crippen LogP contribution in [0.3, 0.4) is 0 Å². The molecule has 2 heterocycles. The van der Waals surface area contributed by atoms with Crippen molar-refractivity contribution in [1.82, 2.24) is 0 Å². The van der Waals surface area contributed by atoms with Crippen LogP contribution in [0.4, 0.5) is 5.69 Å². The Labute approximate surface area is 96.3 Å². The summed E-state index contributed by atoms with van der Waals surface area (Å²) in [6.45, 7) is 3.54. The summed E-state index contributed by atoms with van der Waals surface area (Å²) in [6.07, 6.45) is 1.72. The molecular weight excluding hydrogens is 200 g/mol. The molecule has 0 bridgehead atoms. The predicted molar refractivity (Wildman–Crippen MR) is 64.0 cm³/mol. The third-order valence-electron chi connectivity index (χ3n) is 4.47. The lowest BCUT2D eigenvalue weighted by molar-refractivity contribution is -0.893. The maximum atomic E-state index is 9.66. The number of aromatic hydroxyl groups is 1. The van der Waals surface area contributed by atoms with Gasteiger partial charge < -0.3 is 14.9 Å². The van der Waals surface area contributed by atoms with Crippen LogP contribution in [-0.4, -0.2) is 31.9 Å². The molecule has 1 aromatic carbocycles. The number of nitrogens with one attached hydrogen (secondary N) is 1. The van der Waals surface area contributed by atoms with Crippen molar-refractivity contribution in [3.8, 4) is 5.75 Å². The highest BCUT2D eigenvalue weighted by Crippen LogP contribution is 2.47. The number of anilines is 1. The van der Waals surface area contributed by atoms with Crippen LogP contribution in [0.15, 0.2) is 18.2 Å². The molecule has 3 rings (SSSR count). The highest BCUT2D eigenvalue weighted by molar-refractivity contribution is 5.64. The lowest BCUT2D eigenvalue weighted by Crippen LogP contribution is -3.13. The number of phenolic OH excluding ortho intramolecular Hbond substituents is 1. The van der Waals surface area contributed by atoms with Crippen LogP contribution in [0.25, 0.3) is 0 Å². The molecule has 1 fully saturated rings. The van der Waals surface area contributed by atoms with Gasteiger partial charge in [0.2, 0.25) is 0 Å². The Bertz CT molecular complexity index is 446. The predicted octanol–water partition coefficient (Wildman–Crippen LogP) is 0.344. The molecule has 3 atom stereocenters. The number of likely N-dealkylation sites (N-methyl/N-ethyl adjacent to an activating group) is 2. The number of phenols is 1. The zero-order valence-corrected chi connectivity index (χ0v) is 10.1. The third kappa shape index (κ3) is 1.02. The average Bonchev–Trinajstić information content (AvgIpc) is 2.65. The number of benzene rings is 1. The van der Waals surface area contributed by atoms with Crippen LogP contribution in [0, 0.1) is 0 Å². The summed E-state index contributed by atoms with van der Waals surface area (Å²) >= 11 is 0. The van der Waals surface area contributed by atoms with Gasteiger partial charge in [0.1, 0.15) is 5.75 Å². The maximum Gasteiger partial charge on any atom is 0.172 e. The fourth-order valence-corrected chi connectivity index (χ4v) is 3.74. The largest absolute Gasteiger partial charge is 0.508 e. The molecule has 86 valence electrons. The SMILES string of the molecule is CN1c2ccc(O)cc2[C@@]2(C)CC[NH+](C)[C@@H]12. The number of likely N-dealkylation sites (tertiary alicyclic amines) is 1. The summed E-state index contributed by atoms with van der Waals surface area (Å²) in [5.41, 5.74) is 2.80. The lowest BCUT2D eigenvalue weighted by atomic mass is 9.81. The van der Waals surface area contributed by atoms with Crippen molar-refractivity contribution >= 4 is 5.69 Å². The van der Waals surface area contributed by atoms with E-state index in [-0.39, 0.29) is 5.41 Å². The number of hydrogen-bond acceptors (Lipinski definition) is 2. The van der Waals surface area contributed by atoms with Crippen molar-refractivity contribution in [2.75, 3.05) is 25.5 Å². The standard InChI is InChI=1S/C13H18N2O/c1-13-6-7-14(2)12(13)15(3)11-5-4-9(16)8-10(11)13/h4-5,8,12,16H,6-7H2,1-3H3/p+1/t12-,13+/m0/s1. The Morgan fingerprint density at radius 3 is 3.00 bits per heavy atom. The number of hydrogen-bond donors (Lipinski definition) is 2. The van der Waals surface area contributed by atoms with Gasteiger partial charge in [-0.15, -0.1) is 0 Å². The van der Waals surface area contributed by atoms with Gasteiger partial charge in [-0.2, -0.15) is 0 Å². The van der Waals surface area contributed by atoms with Crippen molar-refractivity contribution in [1.29, 1.82) is 0 Å². The molecule has 0 radical (unpaired) electrons. The minimum Gasteiger partial charge on any atom is -0.508 e. The Kier molecular flexibility index (Phi) is 1.82. The Morgan fingerprint density at radius 1 is 1.50 bits per heavy atom. The molecule has 16 heavy (non-hydrogen) atoms. The van der Waals surface area contributed by atoms with Crippen LogP contribution in [0.5, 0.6) is 5.75 Å². The van der Waals surface area contributed by atoms with Crippen LogP contribution < -0.4 is 9.80 Å². The normalized spacial score (nSPS) is 36.3. The zero-order valence-electron chi connectivity index (χ0n) is 10.1. The van der Waals surface area contributed by atoms with Gasteiger partial charge in [0.15, 0.2) is 6.17 Å². The molecule has 0 saturated carbocycles. The molecule has 0 aromatic heterocycles. The molecule has 3 nitrogen and oxygen atoms in total. The van der Waals surface area contributed by atoms with E-state index in [1.165, 1.54) is 24.2 Å². The molecule has 2 aliphatic heterocycles. The van der Waals surface area contributed by atoms with Gasteiger partial charge in [-0.25, -0.2) is 0 Å². The molecule has 3 heteroatoms. The van der Waals surface area contributed by atoms with E-state index in [2.05, 4.69) is 25.9 Å². The topological polar surface area (TPSA) is 27.9 Å². The molecule has 1 saturated heterocycles. The summed E-state index contributed by atoms with van der Waals surface area (Å²) in [4.78, 5) is 3.94. The van der Waals surface area contributed by atoms with Crippen molar-refractivity contribution in [3.05, 3.63) is 23.8 Å². The fourth-order valence-electron chi connectivity index (χ4n) is 3.74. The molecular formula is C13H19N2O+. The van der Waals surface area contributed by atoms with E-state index in [0.29, 0.717) is 11.9 Å². The summed E-state index contributed by atoms with van der Waals surface area (Å²) in [7, 11) is 4.43. The Morgan fingerprint density at radius 2 is 2.25 bits per heavy atom. The van der Waals surface area contributed by atoms with Gasteiger partial charge >= 0.3 is 0 Å². The third-order valence-corrected chi connectivity index (χ3v) is 4.47. The van der Waals surface area contributed by atoms with Crippen LogP contribution in [-0.2, 0) is 5.41 Å². The van der Waals surface area contributed by atoms with Gasteiger partial charge in [-0.3, -0.25) is 0 Å². The highest BCUT2D eigenvalue weighted by Gasteiger charge is 2.55. The number of quaternary nitrogens is 1. The fraction of sp³-hybridized carbons (Fsp3) is 0.538. The second-order valence-electron chi connectivity index (χ2n) is 5.48. The van der Waals surface area contributed by atoms with Gasteiger partial charge in [-0.05, 0) is 30.7 Å². The van der Waals surface area contributed by atoms with Crippen LogP contribution >= 0.6 is 0 Å². The van der Waals surface area contributed by atoms with Crippen molar-refractivity contribution in [2.24, 2.45) is 0 Å². The molecule has 2 aliphatic rings. The first-order chi connectivity index (χ1) is 7.54. The first kappa shape index (κ1) is 9.97. The quantitative estimate of drug-likeness (QED) is 0.659. The molecule has 0 amide bonds. The average molecular weight is 219 g/mol. The summed E-state index contributed by atoms with van der Waals surface area (Å²) in [6, 6.07) is 5.78. The first-order valence-corrected chi connectivity index (χ1v) is 5.93. The second-order valence-corrected chi connectivity index (χ2v) is 5.48. The molecule has 2 N–H and O–H groups in total. The van der Waals surface area contributed by atoms with E-state index >= 15 is 0 Å². The van der Waals surface area contributed by atoms with E-state index in [9.17, 15) is 5.11 Å². The van der Waals surface area contributed by atoms with E-state index in [0.717, 1.165) is 0 Å². The minimum atomic E-state index is 0.201. The highest BCUT2D eigenvalue weighted by atomic mass is 16.3. The zero-order chi connectivity index (χ0) is 11.5. The smallest absolute Gasteiger partial charge is 0.172 e. The maximum absolute atomic E-state index is 9.66. The van der Waals surface area contributed by atoms with Gasteiger partial charge in [-0.1, -0.05) is 0 Å². The molecule has 1 aromatic rings. The number of fused-ring (bicyclic) bond motifs is 3. The molecule has 1 unspecified atom stereocenters. The Balaban J connectivity index is 2.20. The van der Waals surface area contributed by atoms with E-state index in [4.69, 9.17) is 0 Å². The van der Waals surface area contributed by atoms with Crippen LogP contribution in [0.2, 0.25) is 0 Å². The van der Waals surface area contributed by atoms with Crippen molar-refractivity contribution < 1.29 is 10.0 Å². The molecule has 0 aliphatic carbocycles. The van der Waals surface area contributed by atoms with Gasteiger partial charge in [0.05, 0.1) is 19.0 Å². The monoisotopic (exact) mass is 219 g/mol. The minimum absolute atomic E-state index is 0.201. The number of nitrogens with zero attached hydrogens (tertiary/aromatic N) is 1. The second kappa shape index (κ2) is 2.92. The van der Waals surface area contributed by atoms with Crippen molar-refractivity contribution in [2.45, 2.75) is 24.9 Å². The Hall–Kier alpha value is -1.22. The van der Waals surface area contributed by atoms with Crippen LogP contribution in [0.1, 0.15) is 18.9 Å². The summed E-state index contributed by atoms with van der Waals surface area (Å²) in [5, 5.41) is 9.66. The lowest BCUT2D eigenvalue weighted by Gasteiger charge is -2.28. The summed E-state index contributed by atoms with van der Waals surface area (Å²) < 4.78 is 0. The van der Waals surface area contributed by atoms with E-state index in [1.54, 1.807) is 11.0 Å². The first-order valence-electron chi connectivity index (χ1n) is 5.93. The van der Waals surface area contributed by atoms with Gasteiger partial charge in [0.25, 0.3) is 0 Å². The summed E-state index contributed by atoms with van der Waals surface area (Å²) in [5.74, 6) is 0.388. The van der Waals surface area contributed by atoms with Gasteiger partial charge in [0, 0.05) is 19.2 Å². The number of rotatable bonds is 0. The molecule has 0 spiro atoms. The van der Waals surface area contributed by atoms with E-state index < -0.39 is 0 Å². The van der Waals surface area contributed by atoms with E-state index in [1.807, 2.05) is 12.1 Å².